The van der Waals surface area contributed by atoms with Gasteiger partial charge in [-0.2, -0.15) is 0 Å². The molecule has 0 amide bonds. The second-order valence-corrected chi connectivity index (χ2v) is 19.6. The summed E-state index contributed by atoms with van der Waals surface area (Å²) in [6, 6.07) is 79.5. The van der Waals surface area contributed by atoms with Crippen LogP contribution in [0.5, 0.6) is 0 Å². The summed E-state index contributed by atoms with van der Waals surface area (Å²) >= 11 is 0. The normalized spacial score (nSPS) is 12.4. The number of nitrogens with zero attached hydrogens (tertiary/aromatic N) is 1. The number of nitrogens with one attached hydrogen (secondary N) is 1. The number of aromatic amines is 1. The highest BCUT2D eigenvalue weighted by molar-refractivity contribution is 7.19. The lowest BCUT2D eigenvalue weighted by atomic mass is 10.0. The number of hydrogen-bond acceptors (Lipinski definition) is 0. The Kier molecular flexibility index (Phi) is 7.35. The molecule has 58 heavy (non-hydrogen) atoms. The van der Waals surface area contributed by atoms with E-state index in [9.17, 15) is 0 Å². The summed E-state index contributed by atoms with van der Waals surface area (Å²) in [5.74, 6) is 0. The molecule has 0 fully saturated rings. The number of benzene rings is 9. The van der Waals surface area contributed by atoms with Gasteiger partial charge in [-0.25, -0.2) is 0 Å². The highest BCUT2D eigenvalue weighted by Crippen LogP contribution is 2.41. The van der Waals surface area contributed by atoms with Gasteiger partial charge in [-0.05, 0) is 109 Å². The zero-order valence-electron chi connectivity index (χ0n) is 31.9. The molecule has 0 spiro atoms. The number of H-pyrrole nitrogens is 1. The Morgan fingerprint density at radius 1 is 0.362 bits per heavy atom. The van der Waals surface area contributed by atoms with Gasteiger partial charge in [0.2, 0.25) is 0 Å². The van der Waals surface area contributed by atoms with Gasteiger partial charge in [0, 0.05) is 38.3 Å². The maximum Gasteiger partial charge on any atom is 0.179 e. The average molecular weight is 755 g/mol. The third kappa shape index (κ3) is 4.90. The number of fused-ring (bicyclic) bond motifs is 9. The summed E-state index contributed by atoms with van der Waals surface area (Å²) in [5.41, 5.74) is 13.9. The van der Waals surface area contributed by atoms with Crippen LogP contribution in [0.3, 0.4) is 0 Å². The number of para-hydroxylation sites is 2. The molecule has 272 valence electrons. The van der Waals surface area contributed by atoms with Crippen molar-refractivity contribution in [2.45, 2.75) is 6.42 Å². The third-order valence-electron chi connectivity index (χ3n) is 12.7. The van der Waals surface area contributed by atoms with Crippen LogP contribution in [-0.2, 0) is 6.42 Å². The van der Waals surface area contributed by atoms with Crippen molar-refractivity contribution in [3.63, 3.8) is 0 Å². The first-order valence-corrected chi connectivity index (χ1v) is 22.2. The van der Waals surface area contributed by atoms with E-state index < -0.39 is 8.07 Å². The monoisotopic (exact) mass is 754 g/mol. The summed E-state index contributed by atoms with van der Waals surface area (Å²) < 4.78 is 2.47. The fraction of sp³-hybridized carbons (Fsp3) is 0.0182. The Morgan fingerprint density at radius 3 is 1.60 bits per heavy atom. The van der Waals surface area contributed by atoms with Crippen LogP contribution in [-0.4, -0.2) is 17.6 Å². The summed E-state index contributed by atoms with van der Waals surface area (Å²) in [5, 5.41) is 10.6. The molecule has 12 rings (SSSR count). The van der Waals surface area contributed by atoms with E-state index in [0.29, 0.717) is 0 Å². The first-order chi connectivity index (χ1) is 28.7. The fourth-order valence-electron chi connectivity index (χ4n) is 10.1. The molecule has 9 aromatic carbocycles. The first-order valence-electron chi connectivity index (χ1n) is 20.2. The fourth-order valence-corrected chi connectivity index (χ4v) is 14.8. The predicted octanol–water partition coefficient (Wildman–Crippen LogP) is 11.0. The average Bonchev–Trinajstić information content (AvgIpc) is 3.96. The SMILES string of the molecule is c1ccc([Si](c2ccccc2)(c2ccccc2)c2ccc3c(c2)-c2cc(-n4c5ccccc5c5cc(-c6ccc7[nH]c8ccccc8c7c6)ccc54)ccc2C3)cc1. The molecule has 0 radical (unpaired) electrons. The molecular weight excluding hydrogens is 717 g/mol. The third-order valence-corrected chi connectivity index (χ3v) is 17.5. The lowest BCUT2D eigenvalue weighted by molar-refractivity contribution is 1.17. The lowest BCUT2D eigenvalue weighted by Crippen LogP contribution is -2.74. The molecule has 2 aromatic heterocycles. The van der Waals surface area contributed by atoms with E-state index >= 15 is 0 Å². The minimum atomic E-state index is -2.67. The molecule has 1 aliphatic rings. The maximum absolute atomic E-state index is 3.59. The lowest BCUT2D eigenvalue weighted by Gasteiger charge is -2.34. The molecule has 2 heterocycles. The summed E-state index contributed by atoms with van der Waals surface area (Å²) in [6.07, 6.45) is 0.944. The van der Waals surface area contributed by atoms with E-state index in [2.05, 4.69) is 222 Å². The van der Waals surface area contributed by atoms with Crippen LogP contribution in [0.2, 0.25) is 0 Å². The van der Waals surface area contributed by atoms with E-state index in [1.165, 1.54) is 103 Å². The molecule has 1 aliphatic carbocycles. The van der Waals surface area contributed by atoms with Crippen LogP contribution in [0.1, 0.15) is 11.1 Å². The van der Waals surface area contributed by atoms with Crippen LogP contribution in [0.25, 0.3) is 71.6 Å². The predicted molar refractivity (Wildman–Crippen MR) is 247 cm³/mol. The second-order valence-electron chi connectivity index (χ2n) is 15.8. The van der Waals surface area contributed by atoms with Crippen LogP contribution < -0.4 is 20.7 Å². The largest absolute Gasteiger partial charge is 0.355 e. The van der Waals surface area contributed by atoms with Crippen LogP contribution in [0, 0.1) is 0 Å². The van der Waals surface area contributed by atoms with Gasteiger partial charge in [0.15, 0.2) is 8.07 Å². The van der Waals surface area contributed by atoms with Gasteiger partial charge in [0.1, 0.15) is 0 Å². The molecule has 0 unspecified atom stereocenters. The molecule has 0 saturated heterocycles. The van der Waals surface area contributed by atoms with Gasteiger partial charge in [-0.15, -0.1) is 0 Å². The van der Waals surface area contributed by atoms with Crippen molar-refractivity contribution in [3.05, 3.63) is 223 Å². The van der Waals surface area contributed by atoms with E-state index in [4.69, 9.17) is 0 Å². The quantitative estimate of drug-likeness (QED) is 0.129. The second kappa shape index (κ2) is 12.9. The van der Waals surface area contributed by atoms with Crippen LogP contribution in [0.4, 0.5) is 0 Å². The van der Waals surface area contributed by atoms with Gasteiger partial charge >= 0.3 is 0 Å². The molecule has 3 heteroatoms. The van der Waals surface area contributed by atoms with Crippen molar-refractivity contribution < 1.29 is 0 Å². The number of rotatable bonds is 6. The smallest absolute Gasteiger partial charge is 0.179 e. The van der Waals surface area contributed by atoms with Gasteiger partial charge in [0.25, 0.3) is 0 Å². The highest BCUT2D eigenvalue weighted by Gasteiger charge is 2.42. The zero-order valence-corrected chi connectivity index (χ0v) is 32.9. The Morgan fingerprint density at radius 2 is 0.897 bits per heavy atom. The molecule has 2 nitrogen and oxygen atoms in total. The van der Waals surface area contributed by atoms with Gasteiger partial charge in [-0.1, -0.05) is 164 Å². The minimum absolute atomic E-state index is 0.944. The summed E-state index contributed by atoms with van der Waals surface area (Å²) in [7, 11) is -2.67. The Bertz CT molecular complexity index is 3260. The first kappa shape index (κ1) is 33.0. The van der Waals surface area contributed by atoms with Crippen molar-refractivity contribution in [3.8, 4) is 27.9 Å². The van der Waals surface area contributed by atoms with Crippen molar-refractivity contribution in [1.29, 1.82) is 0 Å². The molecule has 0 atom stereocenters. The Balaban J connectivity index is 1.02. The molecule has 1 N–H and O–H groups in total. The van der Waals surface area contributed by atoms with Crippen LogP contribution in [0.15, 0.2) is 212 Å². The van der Waals surface area contributed by atoms with Gasteiger partial charge in [0.05, 0.1) is 11.0 Å². The number of aromatic nitrogens is 2. The standard InChI is InChI=1S/C55H38N2Si/c1-4-14-42(15-5-1)58(43-16-6-2-7-17-43,44-18-8-3-9-19-44)45-29-25-40-32-39-24-28-41(35-48(39)49(40)36-45)57-54-23-13-11-21-47(54)51-34-38(27-31-55(51)57)37-26-30-53-50(33-37)46-20-10-12-22-52(46)56-53/h1-31,33-36,56H,32H2. The minimum Gasteiger partial charge on any atom is -0.355 e. The van der Waals surface area contributed by atoms with E-state index in [0.717, 1.165) is 6.42 Å². The van der Waals surface area contributed by atoms with E-state index in [1.807, 2.05) is 0 Å². The number of hydrogen-bond donors (Lipinski definition) is 1. The Labute approximate surface area is 338 Å². The molecule has 11 aromatic rings. The molecule has 0 aliphatic heterocycles. The van der Waals surface area contributed by atoms with E-state index in [1.54, 1.807) is 0 Å². The van der Waals surface area contributed by atoms with E-state index in [-0.39, 0.29) is 0 Å². The zero-order chi connectivity index (χ0) is 38.2. The topological polar surface area (TPSA) is 20.7 Å². The molecule has 0 saturated carbocycles. The highest BCUT2D eigenvalue weighted by atomic mass is 28.3. The molecular formula is C55H38N2Si. The van der Waals surface area contributed by atoms with Crippen LogP contribution >= 0.6 is 0 Å². The van der Waals surface area contributed by atoms with Crippen molar-refractivity contribution in [2.24, 2.45) is 0 Å². The van der Waals surface area contributed by atoms with Crippen molar-refractivity contribution in [1.82, 2.24) is 9.55 Å². The maximum atomic E-state index is 3.59. The van der Waals surface area contributed by atoms with Crippen molar-refractivity contribution >= 4 is 72.4 Å². The molecule has 0 bridgehead atoms. The van der Waals surface area contributed by atoms with Gasteiger partial charge < -0.3 is 9.55 Å². The summed E-state index contributed by atoms with van der Waals surface area (Å²) in [4.78, 5) is 3.59. The van der Waals surface area contributed by atoms with Crippen molar-refractivity contribution in [2.75, 3.05) is 0 Å². The Hall–Kier alpha value is -7.20. The summed E-state index contributed by atoms with van der Waals surface area (Å²) in [6.45, 7) is 0. The van der Waals surface area contributed by atoms with Gasteiger partial charge in [-0.3, -0.25) is 0 Å².